The van der Waals surface area contributed by atoms with Crippen LogP contribution in [0.5, 0.6) is 0 Å². The third-order valence-corrected chi connectivity index (χ3v) is 2.18. The molecule has 0 radical (unpaired) electrons. The lowest BCUT2D eigenvalue weighted by atomic mass is 9.84. The van der Waals surface area contributed by atoms with Gasteiger partial charge >= 0.3 is 0 Å². The Balaban J connectivity index is 2.32. The number of nitrogens with one attached hydrogen (secondary N) is 1. The van der Waals surface area contributed by atoms with Crippen LogP contribution in [0.25, 0.3) is 0 Å². The van der Waals surface area contributed by atoms with Gasteiger partial charge in [-0.2, -0.15) is 0 Å². The van der Waals surface area contributed by atoms with Gasteiger partial charge in [-0.25, -0.2) is 0 Å². The fourth-order valence-electron chi connectivity index (χ4n) is 1.59. The Labute approximate surface area is 63.0 Å². The van der Waals surface area contributed by atoms with E-state index in [4.69, 9.17) is 4.74 Å². The minimum Gasteiger partial charge on any atom is -0.384 e. The van der Waals surface area contributed by atoms with E-state index in [9.17, 15) is 0 Å². The van der Waals surface area contributed by atoms with Crippen LogP contribution >= 0.6 is 0 Å². The van der Waals surface area contributed by atoms with Crippen molar-refractivity contribution in [3.05, 3.63) is 0 Å². The van der Waals surface area contributed by atoms with Gasteiger partial charge in [-0.3, -0.25) is 0 Å². The number of methoxy groups -OCH3 is 1. The first-order valence-electron chi connectivity index (χ1n) is 3.96. The Bertz CT molecular complexity index is 91.9. The Kier molecular flexibility index (Phi) is 2.69. The van der Waals surface area contributed by atoms with E-state index in [0.29, 0.717) is 5.41 Å². The number of hydrogen-bond donors (Lipinski definition) is 1. The molecule has 1 N–H and O–H groups in total. The standard InChI is InChI=1S/C8H17NO/c1-8(7-10-2)4-3-5-9-6-8/h9H,3-7H2,1-2H3/t8-/m0/s1. The fraction of sp³-hybridized carbons (Fsp3) is 1.00. The van der Waals surface area contributed by atoms with E-state index in [2.05, 4.69) is 12.2 Å². The van der Waals surface area contributed by atoms with E-state index >= 15 is 0 Å². The number of piperidine rings is 1. The van der Waals surface area contributed by atoms with Gasteiger partial charge in [0.05, 0.1) is 6.61 Å². The lowest BCUT2D eigenvalue weighted by Gasteiger charge is -2.33. The predicted octanol–water partition coefficient (Wildman–Crippen LogP) is 1.02. The zero-order valence-electron chi connectivity index (χ0n) is 6.94. The largest absolute Gasteiger partial charge is 0.384 e. The topological polar surface area (TPSA) is 21.3 Å². The number of hydrogen-bond acceptors (Lipinski definition) is 2. The normalized spacial score (nSPS) is 34.2. The second-order valence-electron chi connectivity index (χ2n) is 3.52. The van der Waals surface area contributed by atoms with Crippen molar-refractivity contribution in [2.75, 3.05) is 26.8 Å². The monoisotopic (exact) mass is 143 g/mol. The average molecular weight is 143 g/mol. The highest BCUT2D eigenvalue weighted by atomic mass is 16.5. The summed E-state index contributed by atoms with van der Waals surface area (Å²) >= 11 is 0. The molecule has 1 rings (SSSR count). The van der Waals surface area contributed by atoms with Crippen molar-refractivity contribution in [1.29, 1.82) is 0 Å². The van der Waals surface area contributed by atoms with Gasteiger partial charge in [0.15, 0.2) is 0 Å². The second-order valence-corrected chi connectivity index (χ2v) is 3.52. The summed E-state index contributed by atoms with van der Waals surface area (Å²) in [5, 5.41) is 3.38. The molecule has 2 nitrogen and oxygen atoms in total. The van der Waals surface area contributed by atoms with Gasteiger partial charge in [0.1, 0.15) is 0 Å². The van der Waals surface area contributed by atoms with E-state index in [1.54, 1.807) is 7.11 Å². The van der Waals surface area contributed by atoms with Gasteiger partial charge in [-0.15, -0.1) is 0 Å². The molecule has 60 valence electrons. The Morgan fingerprint density at radius 3 is 2.90 bits per heavy atom. The van der Waals surface area contributed by atoms with Crippen LogP contribution in [0.2, 0.25) is 0 Å². The molecule has 0 saturated carbocycles. The summed E-state index contributed by atoms with van der Waals surface area (Å²) in [7, 11) is 1.78. The fourth-order valence-corrected chi connectivity index (χ4v) is 1.59. The molecule has 0 unspecified atom stereocenters. The van der Waals surface area contributed by atoms with Crippen molar-refractivity contribution < 1.29 is 4.74 Å². The van der Waals surface area contributed by atoms with Crippen LogP contribution in [0.15, 0.2) is 0 Å². The van der Waals surface area contributed by atoms with Gasteiger partial charge in [0.25, 0.3) is 0 Å². The van der Waals surface area contributed by atoms with Gasteiger partial charge in [0.2, 0.25) is 0 Å². The van der Waals surface area contributed by atoms with Gasteiger partial charge in [0, 0.05) is 19.1 Å². The first-order chi connectivity index (χ1) is 4.77. The predicted molar refractivity (Wildman–Crippen MR) is 42.1 cm³/mol. The summed E-state index contributed by atoms with van der Waals surface area (Å²) in [5.41, 5.74) is 0.396. The van der Waals surface area contributed by atoms with E-state index in [-0.39, 0.29) is 0 Å². The van der Waals surface area contributed by atoms with Crippen LogP contribution in [0.4, 0.5) is 0 Å². The summed E-state index contributed by atoms with van der Waals surface area (Å²) in [4.78, 5) is 0. The molecule has 1 fully saturated rings. The first-order valence-corrected chi connectivity index (χ1v) is 3.96. The lowest BCUT2D eigenvalue weighted by Crippen LogP contribution is -2.40. The lowest BCUT2D eigenvalue weighted by molar-refractivity contribution is 0.0724. The molecule has 0 bridgehead atoms. The highest BCUT2D eigenvalue weighted by molar-refractivity contribution is 4.80. The van der Waals surface area contributed by atoms with Crippen LogP contribution in [0, 0.1) is 5.41 Å². The summed E-state index contributed by atoms with van der Waals surface area (Å²) in [6, 6.07) is 0. The summed E-state index contributed by atoms with van der Waals surface area (Å²) in [6.07, 6.45) is 2.59. The maximum Gasteiger partial charge on any atom is 0.0528 e. The van der Waals surface area contributed by atoms with Crippen molar-refractivity contribution in [3.63, 3.8) is 0 Å². The molecular formula is C8H17NO. The molecule has 0 spiro atoms. The maximum atomic E-state index is 5.14. The van der Waals surface area contributed by atoms with Crippen LogP contribution in [0.3, 0.4) is 0 Å². The zero-order chi connectivity index (χ0) is 7.45. The van der Waals surface area contributed by atoms with Crippen molar-refractivity contribution >= 4 is 0 Å². The maximum absolute atomic E-state index is 5.14. The third-order valence-electron chi connectivity index (χ3n) is 2.18. The van der Waals surface area contributed by atoms with Crippen LogP contribution in [0.1, 0.15) is 19.8 Å². The van der Waals surface area contributed by atoms with E-state index < -0.39 is 0 Å². The second kappa shape index (κ2) is 3.35. The molecule has 1 aliphatic heterocycles. The molecule has 0 aromatic rings. The molecule has 0 aromatic carbocycles. The average Bonchev–Trinajstić information content (AvgIpc) is 1.89. The van der Waals surface area contributed by atoms with Crippen LogP contribution in [-0.4, -0.2) is 26.8 Å². The SMILES string of the molecule is COC[C@@]1(C)CCCNC1. The molecule has 0 amide bonds. The Morgan fingerprint density at radius 2 is 2.40 bits per heavy atom. The smallest absolute Gasteiger partial charge is 0.0528 e. The quantitative estimate of drug-likeness (QED) is 0.623. The Morgan fingerprint density at radius 1 is 1.60 bits per heavy atom. The van der Waals surface area contributed by atoms with Gasteiger partial charge < -0.3 is 10.1 Å². The summed E-state index contributed by atoms with van der Waals surface area (Å²) in [5.74, 6) is 0. The summed E-state index contributed by atoms with van der Waals surface area (Å²) < 4.78 is 5.14. The molecule has 1 aliphatic rings. The molecule has 10 heavy (non-hydrogen) atoms. The van der Waals surface area contributed by atoms with Crippen molar-refractivity contribution in [2.24, 2.45) is 5.41 Å². The molecule has 1 atom stereocenters. The van der Waals surface area contributed by atoms with Crippen molar-refractivity contribution in [3.8, 4) is 0 Å². The highest BCUT2D eigenvalue weighted by Gasteiger charge is 2.25. The molecule has 2 heteroatoms. The number of rotatable bonds is 2. The molecule has 1 saturated heterocycles. The zero-order valence-corrected chi connectivity index (χ0v) is 6.94. The van der Waals surface area contributed by atoms with Crippen molar-refractivity contribution in [1.82, 2.24) is 5.32 Å². The molecule has 0 aliphatic carbocycles. The van der Waals surface area contributed by atoms with Crippen LogP contribution in [-0.2, 0) is 4.74 Å². The van der Waals surface area contributed by atoms with Crippen LogP contribution < -0.4 is 5.32 Å². The van der Waals surface area contributed by atoms with Gasteiger partial charge in [-0.1, -0.05) is 6.92 Å². The minimum absolute atomic E-state index is 0.396. The molecular weight excluding hydrogens is 126 g/mol. The number of ether oxygens (including phenoxy) is 1. The minimum atomic E-state index is 0.396. The Hall–Kier alpha value is -0.0800. The molecule has 1 heterocycles. The van der Waals surface area contributed by atoms with E-state index in [1.807, 2.05) is 0 Å². The van der Waals surface area contributed by atoms with E-state index in [1.165, 1.54) is 19.4 Å². The highest BCUT2D eigenvalue weighted by Crippen LogP contribution is 2.24. The first kappa shape index (κ1) is 8.02. The molecule has 0 aromatic heterocycles. The third kappa shape index (κ3) is 1.96. The van der Waals surface area contributed by atoms with Gasteiger partial charge in [-0.05, 0) is 19.4 Å². The van der Waals surface area contributed by atoms with E-state index in [0.717, 1.165) is 13.2 Å². The summed E-state index contributed by atoms with van der Waals surface area (Å²) in [6.45, 7) is 5.46. The van der Waals surface area contributed by atoms with Crippen molar-refractivity contribution in [2.45, 2.75) is 19.8 Å².